The highest BCUT2D eigenvalue weighted by molar-refractivity contribution is 6.27. The third kappa shape index (κ3) is 6.83. The van der Waals surface area contributed by atoms with Crippen LogP contribution in [0.25, 0.3) is 5.57 Å². The number of amides is 1. The molecule has 0 spiro atoms. The van der Waals surface area contributed by atoms with Crippen molar-refractivity contribution in [2.75, 3.05) is 19.6 Å². The Morgan fingerprint density at radius 3 is 2.45 bits per heavy atom. The zero-order valence-corrected chi connectivity index (χ0v) is 21.0. The van der Waals surface area contributed by atoms with E-state index in [0.717, 1.165) is 67.6 Å². The van der Waals surface area contributed by atoms with Gasteiger partial charge in [-0.25, -0.2) is 14.0 Å². The quantitative estimate of drug-likeness (QED) is 0.519. The number of allylic oxidation sites excluding steroid dienone is 5. The fourth-order valence-corrected chi connectivity index (χ4v) is 5.16. The first-order chi connectivity index (χ1) is 18.3. The molecule has 1 amide bonds. The number of fused-ring (bicyclic) bond motifs is 2. The molecule has 2 atom stereocenters. The molecule has 38 heavy (non-hydrogen) atoms. The van der Waals surface area contributed by atoms with E-state index in [2.05, 4.69) is 46.6 Å². The van der Waals surface area contributed by atoms with Crippen LogP contribution in [-0.4, -0.2) is 58.6 Å². The average molecular weight is 519 g/mol. The zero-order chi connectivity index (χ0) is 27.1. The molecule has 3 aliphatic rings. The van der Waals surface area contributed by atoms with Gasteiger partial charge in [0.15, 0.2) is 0 Å². The molecule has 2 aromatic rings. The first kappa shape index (κ1) is 27.0. The van der Waals surface area contributed by atoms with Crippen molar-refractivity contribution >= 4 is 23.4 Å². The number of likely N-dealkylation sites (tertiary alicyclic amines) is 1. The van der Waals surface area contributed by atoms with Crippen LogP contribution in [0.4, 0.5) is 4.39 Å². The van der Waals surface area contributed by atoms with E-state index >= 15 is 0 Å². The summed E-state index contributed by atoms with van der Waals surface area (Å²) in [5.41, 5.74) is 5.46. The maximum atomic E-state index is 13.6. The Labute approximate surface area is 221 Å². The van der Waals surface area contributed by atoms with Crippen LogP contribution < -0.4 is 5.32 Å². The van der Waals surface area contributed by atoms with Crippen molar-refractivity contribution in [3.05, 3.63) is 101 Å². The number of carboxylic acid groups (broad SMARTS) is 2. The van der Waals surface area contributed by atoms with E-state index in [1.165, 1.54) is 17.7 Å². The maximum Gasteiger partial charge on any atom is 0.414 e. The van der Waals surface area contributed by atoms with Gasteiger partial charge in [-0.2, -0.15) is 0 Å². The topological polar surface area (TPSA) is 107 Å². The fourth-order valence-electron chi connectivity index (χ4n) is 5.16. The number of carbonyl (C=O) groups is 3. The van der Waals surface area contributed by atoms with Gasteiger partial charge in [-0.05, 0) is 60.1 Å². The minimum absolute atomic E-state index is 0.0460. The van der Waals surface area contributed by atoms with Gasteiger partial charge >= 0.3 is 11.9 Å². The third-order valence-corrected chi connectivity index (χ3v) is 7.08. The summed E-state index contributed by atoms with van der Waals surface area (Å²) in [5, 5.41) is 18.1. The maximum absolute atomic E-state index is 13.6. The van der Waals surface area contributed by atoms with Crippen molar-refractivity contribution in [2.45, 2.75) is 31.7 Å². The van der Waals surface area contributed by atoms with E-state index in [1.54, 1.807) is 0 Å². The van der Waals surface area contributed by atoms with E-state index in [-0.39, 0.29) is 17.8 Å². The number of aliphatic carboxylic acids is 2. The summed E-state index contributed by atoms with van der Waals surface area (Å²) < 4.78 is 13.1. The van der Waals surface area contributed by atoms with Crippen LogP contribution in [0.15, 0.2) is 78.4 Å². The molecule has 0 radical (unpaired) electrons. The van der Waals surface area contributed by atoms with Gasteiger partial charge in [0, 0.05) is 31.6 Å². The van der Waals surface area contributed by atoms with Gasteiger partial charge in [-0.3, -0.25) is 4.79 Å². The van der Waals surface area contributed by atoms with Gasteiger partial charge in [-0.15, -0.1) is 0 Å². The molecule has 1 aliphatic heterocycles. The van der Waals surface area contributed by atoms with Crippen molar-refractivity contribution in [2.24, 2.45) is 5.92 Å². The summed E-state index contributed by atoms with van der Waals surface area (Å²) in [6.45, 7) is 2.75. The molecule has 2 aromatic carbocycles. The third-order valence-electron chi connectivity index (χ3n) is 7.08. The summed E-state index contributed by atoms with van der Waals surface area (Å²) >= 11 is 0. The van der Waals surface area contributed by atoms with Crippen LogP contribution in [0, 0.1) is 11.7 Å². The van der Waals surface area contributed by atoms with E-state index in [1.807, 2.05) is 24.3 Å². The Morgan fingerprint density at radius 1 is 0.974 bits per heavy atom. The summed E-state index contributed by atoms with van der Waals surface area (Å²) in [6.07, 6.45) is 12.3. The number of hydrogen-bond acceptors (Lipinski definition) is 4. The number of aryl methyl sites for hydroxylation is 1. The number of carbonyl (C=O) groups excluding carboxylic acids is 1. The fraction of sp³-hybridized carbons (Fsp3) is 0.300. The highest BCUT2D eigenvalue weighted by atomic mass is 19.1. The molecule has 198 valence electrons. The Balaban J connectivity index is 0.000000505. The molecule has 7 nitrogen and oxygen atoms in total. The number of hydrogen-bond donors (Lipinski definition) is 3. The van der Waals surface area contributed by atoms with E-state index in [0.29, 0.717) is 5.92 Å². The molecule has 8 heteroatoms. The van der Waals surface area contributed by atoms with Crippen molar-refractivity contribution in [3.63, 3.8) is 0 Å². The lowest BCUT2D eigenvalue weighted by molar-refractivity contribution is -0.159. The first-order valence-corrected chi connectivity index (χ1v) is 12.7. The summed E-state index contributed by atoms with van der Waals surface area (Å²) in [5.74, 6) is -3.50. The van der Waals surface area contributed by atoms with Gasteiger partial charge < -0.3 is 20.4 Å². The van der Waals surface area contributed by atoms with Gasteiger partial charge in [0.2, 0.25) is 0 Å². The average Bonchev–Trinajstić information content (AvgIpc) is 3.28. The van der Waals surface area contributed by atoms with E-state index < -0.39 is 11.9 Å². The standard InChI is InChI=1S/C28H29FN2O.C2H2O4/c29-23-13-9-20(10-14-23)15-17-31-18-16-24(19-31)30-28(32)27-25-7-3-1-5-21(25)11-12-22-6-2-4-8-26(22)27;3-1(4)2(5)6/h1-10,13-14,21,24H,11-12,15-19H2,(H,30,32);(H,3,4)(H,5,6)/t21?,24-;/m0./s1. The predicted molar refractivity (Wildman–Crippen MR) is 142 cm³/mol. The molecule has 0 saturated carbocycles. The van der Waals surface area contributed by atoms with E-state index in [4.69, 9.17) is 19.8 Å². The number of halogens is 1. The van der Waals surface area contributed by atoms with Gasteiger partial charge in [0.25, 0.3) is 5.91 Å². The minimum Gasteiger partial charge on any atom is -0.473 e. The molecule has 1 saturated heterocycles. The van der Waals surface area contributed by atoms with Crippen LogP contribution in [0.2, 0.25) is 0 Å². The summed E-state index contributed by atoms with van der Waals surface area (Å²) in [4.78, 5) is 34.1. The van der Waals surface area contributed by atoms with Gasteiger partial charge in [0.05, 0.1) is 5.57 Å². The zero-order valence-electron chi connectivity index (χ0n) is 21.0. The lowest BCUT2D eigenvalue weighted by Crippen LogP contribution is -2.38. The number of nitrogens with zero attached hydrogens (tertiary/aromatic N) is 1. The van der Waals surface area contributed by atoms with Crippen molar-refractivity contribution < 1.29 is 29.0 Å². The number of nitrogens with one attached hydrogen (secondary N) is 1. The molecule has 1 unspecified atom stereocenters. The predicted octanol–water partition coefficient (Wildman–Crippen LogP) is 3.86. The summed E-state index contributed by atoms with van der Waals surface area (Å²) in [7, 11) is 0. The van der Waals surface area contributed by atoms with Crippen LogP contribution in [-0.2, 0) is 27.2 Å². The Hall–Kier alpha value is -4.04. The monoisotopic (exact) mass is 518 g/mol. The molecule has 0 aromatic heterocycles. The molecule has 0 bridgehead atoms. The molecular weight excluding hydrogens is 487 g/mol. The van der Waals surface area contributed by atoms with Gasteiger partial charge in [0.1, 0.15) is 5.82 Å². The summed E-state index contributed by atoms with van der Waals surface area (Å²) in [6, 6.07) is 15.2. The lowest BCUT2D eigenvalue weighted by Gasteiger charge is -2.21. The SMILES string of the molecule is O=C(N[C@H]1CCN(CCc2ccc(F)cc2)C1)C1=C2C=CC=CC2CCc2ccccc21.O=C(O)C(=O)O. The smallest absolute Gasteiger partial charge is 0.414 e. The number of carboxylic acids is 2. The Kier molecular flexibility index (Phi) is 8.86. The van der Waals surface area contributed by atoms with Crippen LogP contribution in [0.5, 0.6) is 0 Å². The molecule has 1 heterocycles. The molecule has 1 fully saturated rings. The highest BCUT2D eigenvalue weighted by Gasteiger charge is 2.30. The molecule has 3 N–H and O–H groups in total. The van der Waals surface area contributed by atoms with Crippen molar-refractivity contribution in [3.8, 4) is 0 Å². The van der Waals surface area contributed by atoms with Crippen LogP contribution in [0.1, 0.15) is 29.5 Å². The second-order valence-corrected chi connectivity index (χ2v) is 9.62. The Bertz CT molecular complexity index is 1270. The van der Waals surface area contributed by atoms with Crippen LogP contribution >= 0.6 is 0 Å². The Morgan fingerprint density at radius 2 is 1.71 bits per heavy atom. The van der Waals surface area contributed by atoms with Gasteiger partial charge in [-0.1, -0.05) is 60.7 Å². The second kappa shape index (κ2) is 12.5. The van der Waals surface area contributed by atoms with Crippen molar-refractivity contribution in [1.29, 1.82) is 0 Å². The minimum atomic E-state index is -1.82. The number of rotatable bonds is 5. The largest absolute Gasteiger partial charge is 0.473 e. The first-order valence-electron chi connectivity index (χ1n) is 12.7. The van der Waals surface area contributed by atoms with E-state index in [9.17, 15) is 9.18 Å². The molecular formula is C30H31FN2O5. The highest BCUT2D eigenvalue weighted by Crippen LogP contribution is 2.36. The van der Waals surface area contributed by atoms with Crippen molar-refractivity contribution in [1.82, 2.24) is 10.2 Å². The second-order valence-electron chi connectivity index (χ2n) is 9.62. The molecule has 2 aliphatic carbocycles. The normalized spacial score (nSPS) is 20.0. The number of benzene rings is 2. The van der Waals surface area contributed by atoms with Crippen LogP contribution in [0.3, 0.4) is 0 Å². The molecule has 5 rings (SSSR count). The lowest BCUT2D eigenvalue weighted by atomic mass is 9.87.